The summed E-state index contributed by atoms with van der Waals surface area (Å²) in [5.41, 5.74) is 3.60. The van der Waals surface area contributed by atoms with Gasteiger partial charge in [-0.2, -0.15) is 13.2 Å². The van der Waals surface area contributed by atoms with Crippen molar-refractivity contribution in [3.8, 4) is 5.75 Å². The summed E-state index contributed by atoms with van der Waals surface area (Å²) in [7, 11) is 0. The molecular weight excluding hydrogens is 502 g/mol. The van der Waals surface area contributed by atoms with Crippen LogP contribution in [0.5, 0.6) is 5.75 Å². The molecule has 0 spiro atoms. The average molecular weight is 531 g/mol. The van der Waals surface area contributed by atoms with Gasteiger partial charge in [-0.1, -0.05) is 61.9 Å². The number of hydrogen-bond donors (Lipinski definition) is 0. The van der Waals surface area contributed by atoms with Crippen LogP contribution in [-0.4, -0.2) is 12.8 Å². The highest BCUT2D eigenvalue weighted by Crippen LogP contribution is 2.26. The van der Waals surface area contributed by atoms with Gasteiger partial charge in [0.25, 0.3) is 0 Å². The van der Waals surface area contributed by atoms with E-state index in [1.165, 1.54) is 6.07 Å². The second-order valence-corrected chi connectivity index (χ2v) is 9.44. The molecule has 200 valence electrons. The van der Waals surface area contributed by atoms with E-state index < -0.39 is 24.3 Å². The monoisotopic (exact) mass is 530 g/mol. The molecular formula is C31H28F6O. The molecule has 0 unspecified atom stereocenters. The van der Waals surface area contributed by atoms with Gasteiger partial charge in [0.2, 0.25) is 0 Å². The fourth-order valence-electron chi connectivity index (χ4n) is 4.51. The van der Waals surface area contributed by atoms with Gasteiger partial charge >= 0.3 is 6.18 Å². The molecule has 7 heteroatoms. The highest BCUT2D eigenvalue weighted by atomic mass is 19.4. The van der Waals surface area contributed by atoms with Crippen LogP contribution in [0.1, 0.15) is 41.2 Å². The lowest BCUT2D eigenvalue weighted by Crippen LogP contribution is -2.19. The second-order valence-electron chi connectivity index (χ2n) is 9.44. The Morgan fingerprint density at radius 3 is 1.92 bits per heavy atom. The van der Waals surface area contributed by atoms with Crippen LogP contribution >= 0.6 is 0 Å². The van der Waals surface area contributed by atoms with Gasteiger partial charge in [-0.05, 0) is 83.5 Å². The van der Waals surface area contributed by atoms with Crippen LogP contribution < -0.4 is 4.74 Å². The first-order valence-electron chi connectivity index (χ1n) is 12.6. The molecule has 0 fully saturated rings. The van der Waals surface area contributed by atoms with Crippen LogP contribution in [0.2, 0.25) is 0 Å². The predicted octanol–water partition coefficient (Wildman–Crippen LogP) is 8.72. The Hall–Kier alpha value is -3.48. The molecule has 0 atom stereocenters. The van der Waals surface area contributed by atoms with Crippen molar-refractivity contribution in [1.29, 1.82) is 0 Å². The molecule has 0 aliphatic heterocycles. The molecule has 0 radical (unpaired) electrons. The van der Waals surface area contributed by atoms with Gasteiger partial charge in [0.05, 0.1) is 0 Å². The van der Waals surface area contributed by atoms with Gasteiger partial charge in [-0.15, -0.1) is 0 Å². The minimum atomic E-state index is -4.56. The van der Waals surface area contributed by atoms with E-state index in [-0.39, 0.29) is 11.6 Å². The van der Waals surface area contributed by atoms with Crippen molar-refractivity contribution >= 4 is 10.8 Å². The van der Waals surface area contributed by atoms with Gasteiger partial charge in [-0.3, -0.25) is 0 Å². The Bertz CT molecular complexity index is 1410. The first-order chi connectivity index (χ1) is 18.1. The van der Waals surface area contributed by atoms with E-state index in [2.05, 4.69) is 11.7 Å². The van der Waals surface area contributed by atoms with Gasteiger partial charge < -0.3 is 4.74 Å². The number of alkyl halides is 3. The third-order valence-electron chi connectivity index (χ3n) is 6.51. The average Bonchev–Trinajstić information content (AvgIpc) is 2.87. The Balaban J connectivity index is 1.40. The topological polar surface area (TPSA) is 9.23 Å². The highest BCUT2D eigenvalue weighted by Gasteiger charge is 2.29. The van der Waals surface area contributed by atoms with Gasteiger partial charge in [0, 0.05) is 5.39 Å². The van der Waals surface area contributed by atoms with E-state index in [4.69, 9.17) is 0 Å². The maximum atomic E-state index is 15.2. The van der Waals surface area contributed by atoms with Crippen molar-refractivity contribution in [3.05, 3.63) is 112 Å². The van der Waals surface area contributed by atoms with E-state index in [0.29, 0.717) is 47.8 Å². The van der Waals surface area contributed by atoms with E-state index >= 15 is 4.39 Å². The normalized spacial score (nSPS) is 11.8. The second kappa shape index (κ2) is 11.9. The van der Waals surface area contributed by atoms with E-state index in [1.807, 2.05) is 30.3 Å². The van der Waals surface area contributed by atoms with Crippen LogP contribution in [0, 0.1) is 17.5 Å². The van der Waals surface area contributed by atoms with Crippen molar-refractivity contribution in [1.82, 2.24) is 0 Å². The van der Waals surface area contributed by atoms with Crippen molar-refractivity contribution in [2.24, 2.45) is 0 Å². The number of fused-ring (bicyclic) bond motifs is 1. The lowest BCUT2D eigenvalue weighted by Gasteiger charge is -2.11. The molecule has 0 saturated heterocycles. The van der Waals surface area contributed by atoms with E-state index in [1.54, 1.807) is 18.2 Å². The SMILES string of the molecule is CCCc1ccc(CCc2ccc3c(F)c(CCc4ccc(OCC(F)(F)F)c(F)c4)ccc3c2)c(F)c1. The Morgan fingerprint density at radius 2 is 1.24 bits per heavy atom. The maximum Gasteiger partial charge on any atom is 0.422 e. The molecule has 0 amide bonds. The lowest BCUT2D eigenvalue weighted by molar-refractivity contribution is -0.153. The third kappa shape index (κ3) is 7.09. The summed E-state index contributed by atoms with van der Waals surface area (Å²) in [5.74, 6) is -1.93. The van der Waals surface area contributed by atoms with Crippen LogP contribution in [0.25, 0.3) is 10.8 Å². The molecule has 38 heavy (non-hydrogen) atoms. The number of rotatable bonds is 10. The number of hydrogen-bond acceptors (Lipinski definition) is 1. The number of halogens is 6. The molecule has 0 bridgehead atoms. The van der Waals surface area contributed by atoms with E-state index in [9.17, 15) is 22.0 Å². The van der Waals surface area contributed by atoms with Crippen molar-refractivity contribution in [2.75, 3.05) is 6.61 Å². The largest absolute Gasteiger partial charge is 0.481 e. The number of aryl methyl sites for hydroxylation is 5. The fraction of sp³-hybridized carbons (Fsp3) is 0.290. The summed E-state index contributed by atoms with van der Waals surface area (Å²) in [4.78, 5) is 0. The van der Waals surface area contributed by atoms with Crippen molar-refractivity contribution in [3.63, 3.8) is 0 Å². The minimum absolute atomic E-state index is 0.198. The fourth-order valence-corrected chi connectivity index (χ4v) is 4.51. The smallest absolute Gasteiger partial charge is 0.422 e. The first kappa shape index (κ1) is 27.6. The van der Waals surface area contributed by atoms with E-state index in [0.717, 1.165) is 41.5 Å². The molecule has 0 aliphatic carbocycles. The standard InChI is InChI=1S/C31H28F6O/c1-2-3-20-4-9-23(27(32)17-20)10-5-21-7-14-26-25(16-21)13-12-24(30(26)34)11-6-22-8-15-29(28(33)18-22)38-19-31(35,36)37/h4,7-9,12-18H,2-3,5-6,10-11,19H2,1H3. The molecule has 0 saturated carbocycles. The summed E-state index contributed by atoms with van der Waals surface area (Å²) in [6.07, 6.45) is -0.989. The molecule has 4 aromatic rings. The number of benzene rings is 4. The molecule has 0 aliphatic rings. The van der Waals surface area contributed by atoms with Gasteiger partial charge in [0.15, 0.2) is 18.2 Å². The summed E-state index contributed by atoms with van der Waals surface area (Å²) < 4.78 is 85.1. The first-order valence-corrected chi connectivity index (χ1v) is 12.6. The zero-order valence-corrected chi connectivity index (χ0v) is 21.0. The molecule has 0 N–H and O–H groups in total. The summed E-state index contributed by atoms with van der Waals surface area (Å²) in [6, 6.07) is 18.1. The maximum absolute atomic E-state index is 15.2. The summed E-state index contributed by atoms with van der Waals surface area (Å²) in [6.45, 7) is 0.483. The van der Waals surface area contributed by atoms with Crippen molar-refractivity contribution in [2.45, 2.75) is 51.6 Å². The van der Waals surface area contributed by atoms with Crippen molar-refractivity contribution < 1.29 is 31.1 Å². The Kier molecular flexibility index (Phi) is 8.65. The van der Waals surface area contributed by atoms with Crippen LogP contribution in [0.3, 0.4) is 0 Å². The lowest BCUT2D eigenvalue weighted by atomic mass is 9.97. The summed E-state index contributed by atoms with van der Waals surface area (Å²) >= 11 is 0. The quantitative estimate of drug-likeness (QED) is 0.186. The molecule has 0 heterocycles. The Labute approximate surface area is 218 Å². The zero-order chi connectivity index (χ0) is 27.3. The summed E-state index contributed by atoms with van der Waals surface area (Å²) in [5, 5.41) is 1.20. The predicted molar refractivity (Wildman–Crippen MR) is 137 cm³/mol. The minimum Gasteiger partial charge on any atom is -0.481 e. The number of ether oxygens (including phenoxy) is 1. The zero-order valence-electron chi connectivity index (χ0n) is 21.0. The highest BCUT2D eigenvalue weighted by molar-refractivity contribution is 5.84. The van der Waals surface area contributed by atoms with Crippen LogP contribution in [-0.2, 0) is 32.1 Å². The van der Waals surface area contributed by atoms with Gasteiger partial charge in [0.1, 0.15) is 11.6 Å². The Morgan fingerprint density at radius 1 is 0.632 bits per heavy atom. The van der Waals surface area contributed by atoms with Gasteiger partial charge in [-0.25, -0.2) is 13.2 Å². The molecule has 4 aromatic carbocycles. The van der Waals surface area contributed by atoms with Crippen LogP contribution in [0.4, 0.5) is 26.3 Å². The third-order valence-corrected chi connectivity index (χ3v) is 6.51. The molecule has 4 rings (SSSR count). The molecule has 0 aromatic heterocycles. The van der Waals surface area contributed by atoms with Crippen LogP contribution in [0.15, 0.2) is 66.7 Å². The molecule has 1 nitrogen and oxygen atoms in total.